The zero-order valence-corrected chi connectivity index (χ0v) is 19.0. The van der Waals surface area contributed by atoms with E-state index in [4.69, 9.17) is 19.3 Å². The fourth-order valence-electron chi connectivity index (χ4n) is 3.64. The lowest BCUT2D eigenvalue weighted by Crippen LogP contribution is -2.35. The van der Waals surface area contributed by atoms with Crippen LogP contribution in [0.5, 0.6) is 11.5 Å². The van der Waals surface area contributed by atoms with Crippen LogP contribution >= 0.6 is 0 Å². The molecular weight excluding hydrogens is 428 g/mol. The Labute approximate surface area is 189 Å². The Bertz CT molecular complexity index is 1030. The molecule has 7 heteroatoms. The normalized spacial score (nSPS) is 11.8. The summed E-state index contributed by atoms with van der Waals surface area (Å²) in [6.07, 6.45) is 0. The van der Waals surface area contributed by atoms with E-state index in [0.29, 0.717) is 11.5 Å². The van der Waals surface area contributed by atoms with Gasteiger partial charge < -0.3 is 19.3 Å². The number of rotatable bonds is 11. The summed E-state index contributed by atoms with van der Waals surface area (Å²) in [5.74, 6) is 0.917. The second-order valence-electron chi connectivity index (χ2n) is 7.23. The molecule has 170 valence electrons. The van der Waals surface area contributed by atoms with Crippen LogP contribution < -0.4 is 9.47 Å². The van der Waals surface area contributed by atoms with Gasteiger partial charge in [0.2, 0.25) is 0 Å². The summed E-state index contributed by atoms with van der Waals surface area (Å²) in [6, 6.07) is 24.7. The predicted molar refractivity (Wildman–Crippen MR) is 124 cm³/mol. The van der Waals surface area contributed by atoms with Gasteiger partial charge in [-0.3, -0.25) is 0 Å². The van der Waals surface area contributed by atoms with Gasteiger partial charge in [0, 0.05) is 0 Å². The third kappa shape index (κ3) is 5.30. The van der Waals surface area contributed by atoms with Gasteiger partial charge in [0.1, 0.15) is 17.1 Å². The summed E-state index contributed by atoms with van der Waals surface area (Å²) in [6.45, 7) is -0.460. The van der Waals surface area contributed by atoms with Crippen LogP contribution in [0.3, 0.4) is 0 Å². The summed E-state index contributed by atoms with van der Waals surface area (Å²) in [7, 11) is -0.232. The monoisotopic (exact) mass is 456 g/mol. The van der Waals surface area contributed by atoms with Crippen LogP contribution in [0.2, 0.25) is 0 Å². The van der Waals surface area contributed by atoms with E-state index < -0.39 is 22.0 Å². The van der Waals surface area contributed by atoms with E-state index in [-0.39, 0.29) is 18.1 Å². The molecule has 0 spiro atoms. The second kappa shape index (κ2) is 10.6. The van der Waals surface area contributed by atoms with Gasteiger partial charge in [0.25, 0.3) is 0 Å². The van der Waals surface area contributed by atoms with Crippen LogP contribution in [0.15, 0.2) is 78.9 Å². The third-order valence-electron chi connectivity index (χ3n) is 5.29. The van der Waals surface area contributed by atoms with Crippen LogP contribution in [0.4, 0.5) is 0 Å². The number of aliphatic hydroxyl groups is 1. The van der Waals surface area contributed by atoms with Crippen molar-refractivity contribution in [2.75, 3.05) is 38.9 Å². The number of ether oxygens (including phenoxy) is 3. The van der Waals surface area contributed by atoms with Gasteiger partial charge in [-0.2, -0.15) is 0 Å². The summed E-state index contributed by atoms with van der Waals surface area (Å²) in [5.41, 5.74) is 1.45. The lowest BCUT2D eigenvalue weighted by molar-refractivity contribution is 0.0227. The average Bonchev–Trinajstić information content (AvgIpc) is 2.83. The number of benzene rings is 3. The molecule has 0 aliphatic rings. The van der Waals surface area contributed by atoms with E-state index in [1.54, 1.807) is 14.2 Å². The molecule has 0 saturated heterocycles. The molecule has 6 nitrogen and oxygen atoms in total. The molecule has 0 aliphatic carbocycles. The first kappa shape index (κ1) is 23.8. The highest BCUT2D eigenvalue weighted by molar-refractivity contribution is 7.91. The molecule has 0 bridgehead atoms. The highest BCUT2D eigenvalue weighted by Gasteiger charge is 2.38. The van der Waals surface area contributed by atoms with Gasteiger partial charge in [-0.15, -0.1) is 0 Å². The summed E-state index contributed by atoms with van der Waals surface area (Å²) in [4.78, 5) is 0. The van der Waals surface area contributed by atoms with E-state index in [2.05, 4.69) is 0 Å². The molecular formula is C25H28O6S. The molecule has 0 saturated carbocycles. The fraction of sp³-hybridized carbons (Fsp3) is 0.280. The standard InChI is InChI=1S/C25H28O6S/c1-29-23-12-8-21(9-13-23)25(20-6-4-3-5-7-20,22-10-14-24(30-2)15-11-22)31-17-19-32(27,28)18-16-26/h3-15,26H,16-19H2,1-2H3. The Morgan fingerprint density at radius 1 is 0.719 bits per heavy atom. The van der Waals surface area contributed by atoms with Crippen LogP contribution in [0.25, 0.3) is 0 Å². The minimum Gasteiger partial charge on any atom is -0.497 e. The van der Waals surface area contributed by atoms with Crippen molar-refractivity contribution in [3.8, 4) is 11.5 Å². The molecule has 0 fully saturated rings. The summed E-state index contributed by atoms with van der Waals surface area (Å²) in [5, 5.41) is 9.05. The van der Waals surface area contributed by atoms with E-state index in [9.17, 15) is 8.42 Å². The maximum absolute atomic E-state index is 12.2. The smallest absolute Gasteiger partial charge is 0.154 e. The highest BCUT2D eigenvalue weighted by Crippen LogP contribution is 2.41. The van der Waals surface area contributed by atoms with Crippen molar-refractivity contribution in [2.45, 2.75) is 5.60 Å². The van der Waals surface area contributed by atoms with E-state index in [1.165, 1.54) is 0 Å². The minimum atomic E-state index is -3.44. The van der Waals surface area contributed by atoms with Crippen LogP contribution in [0, 0.1) is 0 Å². The quantitative estimate of drug-likeness (QED) is 0.445. The Hall–Kier alpha value is -2.87. The van der Waals surface area contributed by atoms with Gasteiger partial charge in [-0.25, -0.2) is 8.42 Å². The molecule has 0 unspecified atom stereocenters. The zero-order valence-electron chi connectivity index (χ0n) is 18.2. The molecule has 32 heavy (non-hydrogen) atoms. The van der Waals surface area contributed by atoms with Gasteiger partial charge in [-0.05, 0) is 41.0 Å². The maximum atomic E-state index is 12.2. The lowest BCUT2D eigenvalue weighted by Gasteiger charge is -2.36. The first-order chi connectivity index (χ1) is 15.4. The number of hydrogen-bond acceptors (Lipinski definition) is 6. The number of hydrogen-bond donors (Lipinski definition) is 1. The molecule has 0 atom stereocenters. The average molecular weight is 457 g/mol. The van der Waals surface area contributed by atoms with E-state index >= 15 is 0 Å². The van der Waals surface area contributed by atoms with Crippen molar-refractivity contribution in [1.29, 1.82) is 0 Å². The predicted octanol–water partition coefficient (Wildman–Crippen LogP) is 3.42. The molecule has 3 aromatic carbocycles. The number of methoxy groups -OCH3 is 2. The summed E-state index contributed by atoms with van der Waals surface area (Å²) < 4.78 is 41.5. The molecule has 0 radical (unpaired) electrons. The van der Waals surface area contributed by atoms with Crippen LogP contribution in [0.1, 0.15) is 16.7 Å². The van der Waals surface area contributed by atoms with Crippen molar-refractivity contribution in [1.82, 2.24) is 0 Å². The Kier molecular flexibility index (Phi) is 7.90. The molecule has 3 aromatic rings. The Balaban J connectivity index is 2.14. The summed E-state index contributed by atoms with van der Waals surface area (Å²) >= 11 is 0. The first-order valence-electron chi connectivity index (χ1n) is 10.2. The van der Waals surface area contributed by atoms with Crippen molar-refractivity contribution in [3.63, 3.8) is 0 Å². The van der Waals surface area contributed by atoms with Crippen LogP contribution in [-0.4, -0.2) is 52.5 Å². The van der Waals surface area contributed by atoms with Gasteiger partial charge in [-0.1, -0.05) is 54.6 Å². The van der Waals surface area contributed by atoms with Crippen molar-refractivity contribution in [3.05, 3.63) is 95.6 Å². The molecule has 0 heterocycles. The molecule has 3 rings (SSSR count). The van der Waals surface area contributed by atoms with Crippen molar-refractivity contribution < 1.29 is 27.7 Å². The largest absolute Gasteiger partial charge is 0.497 e. The molecule has 0 aliphatic heterocycles. The Morgan fingerprint density at radius 3 is 1.62 bits per heavy atom. The third-order valence-corrected chi connectivity index (χ3v) is 6.88. The van der Waals surface area contributed by atoms with Gasteiger partial charge >= 0.3 is 0 Å². The number of sulfone groups is 1. The minimum absolute atomic E-state index is 0.0463. The number of aliphatic hydroxyl groups excluding tert-OH is 1. The van der Waals surface area contributed by atoms with Crippen molar-refractivity contribution >= 4 is 9.84 Å². The second-order valence-corrected chi connectivity index (χ2v) is 9.53. The maximum Gasteiger partial charge on any atom is 0.154 e. The zero-order chi connectivity index (χ0) is 23.0. The fourth-order valence-corrected chi connectivity index (χ4v) is 4.46. The van der Waals surface area contributed by atoms with E-state index in [1.807, 2.05) is 78.9 Å². The van der Waals surface area contributed by atoms with E-state index in [0.717, 1.165) is 16.7 Å². The first-order valence-corrected chi connectivity index (χ1v) is 12.1. The highest BCUT2D eigenvalue weighted by atomic mass is 32.2. The molecule has 0 aromatic heterocycles. The van der Waals surface area contributed by atoms with Crippen LogP contribution in [-0.2, 0) is 20.2 Å². The van der Waals surface area contributed by atoms with Gasteiger partial charge in [0.15, 0.2) is 9.84 Å². The Morgan fingerprint density at radius 2 is 1.19 bits per heavy atom. The SMILES string of the molecule is COc1ccc(C(OCCS(=O)(=O)CCO)(c2ccccc2)c2ccc(OC)cc2)cc1. The van der Waals surface area contributed by atoms with Gasteiger partial charge in [0.05, 0.1) is 38.9 Å². The molecule has 1 N–H and O–H groups in total. The topological polar surface area (TPSA) is 82.1 Å². The molecule has 0 amide bonds. The van der Waals surface area contributed by atoms with Crippen molar-refractivity contribution in [2.24, 2.45) is 0 Å². The lowest BCUT2D eigenvalue weighted by atomic mass is 9.80.